The second-order valence-electron chi connectivity index (χ2n) is 6.45. The zero-order valence-electron chi connectivity index (χ0n) is 15.7. The van der Waals surface area contributed by atoms with Crippen LogP contribution in [0.25, 0.3) is 10.6 Å². The van der Waals surface area contributed by atoms with Gasteiger partial charge in [-0.05, 0) is 12.5 Å². The van der Waals surface area contributed by atoms with Gasteiger partial charge in [0.05, 0.1) is 17.2 Å². The maximum Gasteiger partial charge on any atom is 0.307 e. The summed E-state index contributed by atoms with van der Waals surface area (Å²) in [5, 5.41) is 10.7. The minimum absolute atomic E-state index is 0.0752. The monoisotopic (exact) mass is 425 g/mol. The lowest BCUT2D eigenvalue weighted by atomic mass is 10.2. The van der Waals surface area contributed by atoms with Crippen molar-refractivity contribution in [1.29, 1.82) is 0 Å². The number of hydrogen-bond donors (Lipinski definition) is 2. The third kappa shape index (κ3) is 4.72. The quantitative estimate of drug-likeness (QED) is 0.464. The number of nitrogens with one attached hydrogen (secondary N) is 1. The van der Waals surface area contributed by atoms with E-state index < -0.39 is 0 Å². The van der Waals surface area contributed by atoms with Gasteiger partial charge in [0.1, 0.15) is 5.01 Å². The molecule has 0 spiro atoms. The predicted molar refractivity (Wildman–Crippen MR) is 115 cm³/mol. The molecule has 3 aromatic heterocycles. The number of aromatic nitrogens is 3. The molecule has 0 amide bonds. The first-order valence-electron chi connectivity index (χ1n) is 9.09. The van der Waals surface area contributed by atoms with Crippen LogP contribution in [0.1, 0.15) is 21.0 Å². The number of ether oxygens (including phenoxy) is 1. The van der Waals surface area contributed by atoms with Crippen molar-refractivity contribution < 1.29 is 9.84 Å². The smallest absolute Gasteiger partial charge is 0.307 e. The van der Waals surface area contributed by atoms with E-state index in [-0.39, 0.29) is 10.8 Å². The summed E-state index contributed by atoms with van der Waals surface area (Å²) in [6.07, 6.45) is 2.85. The molecule has 6 nitrogen and oxygen atoms in total. The van der Waals surface area contributed by atoms with Gasteiger partial charge in [0.2, 0.25) is 11.8 Å². The molecule has 3 heterocycles. The number of aryl methyl sites for hydroxylation is 1. The molecule has 148 valence electrons. The van der Waals surface area contributed by atoms with Gasteiger partial charge < -0.3 is 9.84 Å². The number of hydrogen-bond acceptors (Lipinski definition) is 7. The average molecular weight is 426 g/mol. The third-order valence-corrected chi connectivity index (χ3v) is 6.30. The lowest BCUT2D eigenvalue weighted by molar-refractivity contribution is 0.308. The molecule has 29 heavy (non-hydrogen) atoms. The first-order chi connectivity index (χ1) is 14.1. The van der Waals surface area contributed by atoms with Crippen LogP contribution in [0.4, 0.5) is 0 Å². The minimum Gasteiger partial charge on any atom is -0.494 e. The Morgan fingerprint density at radius 2 is 1.97 bits per heavy atom. The molecular weight excluding hydrogens is 406 g/mol. The summed E-state index contributed by atoms with van der Waals surface area (Å²) in [6, 6.07) is 13.8. The Hall–Kier alpha value is -2.97. The molecule has 1 aromatic carbocycles. The largest absolute Gasteiger partial charge is 0.494 e. The van der Waals surface area contributed by atoms with E-state index in [0.717, 1.165) is 33.2 Å². The molecule has 0 bridgehead atoms. The highest BCUT2D eigenvalue weighted by atomic mass is 32.1. The van der Waals surface area contributed by atoms with E-state index in [4.69, 9.17) is 9.72 Å². The van der Waals surface area contributed by atoms with Crippen molar-refractivity contribution in [2.24, 2.45) is 0 Å². The van der Waals surface area contributed by atoms with E-state index in [1.165, 1.54) is 4.88 Å². The Kier molecular flexibility index (Phi) is 5.73. The van der Waals surface area contributed by atoms with Crippen molar-refractivity contribution in [1.82, 2.24) is 15.0 Å². The van der Waals surface area contributed by atoms with Crippen LogP contribution in [0.3, 0.4) is 0 Å². The summed E-state index contributed by atoms with van der Waals surface area (Å²) in [6.45, 7) is 2.57. The van der Waals surface area contributed by atoms with Crippen LogP contribution in [0.5, 0.6) is 11.8 Å². The Bertz CT molecular complexity index is 1150. The molecule has 0 saturated carbocycles. The zero-order chi connectivity index (χ0) is 20.2. The third-order valence-electron chi connectivity index (χ3n) is 4.36. The zero-order valence-corrected chi connectivity index (χ0v) is 17.3. The molecule has 2 N–H and O–H groups in total. The Balaban J connectivity index is 1.33. The molecule has 4 aromatic rings. The maximum absolute atomic E-state index is 11.3. The van der Waals surface area contributed by atoms with Gasteiger partial charge >= 0.3 is 4.87 Å². The molecule has 4 rings (SSSR count). The summed E-state index contributed by atoms with van der Waals surface area (Å²) >= 11 is 2.69. The van der Waals surface area contributed by atoms with Crippen LogP contribution in [0, 0.1) is 6.92 Å². The fraction of sp³-hybridized carbons (Fsp3) is 0.190. The molecule has 0 aliphatic carbocycles. The highest BCUT2D eigenvalue weighted by Crippen LogP contribution is 2.27. The van der Waals surface area contributed by atoms with Crippen molar-refractivity contribution in [3.8, 4) is 22.3 Å². The number of pyridine rings is 1. The van der Waals surface area contributed by atoms with Crippen LogP contribution in [-0.2, 0) is 12.8 Å². The van der Waals surface area contributed by atoms with Gasteiger partial charge in [0, 0.05) is 35.5 Å². The number of thiazole rings is 2. The molecule has 0 unspecified atom stereocenters. The van der Waals surface area contributed by atoms with Crippen LogP contribution in [0.2, 0.25) is 0 Å². The molecule has 0 aliphatic rings. The molecular formula is C21H19N3O3S2. The number of nitrogens with zero attached hydrogens (tertiary/aromatic N) is 2. The summed E-state index contributed by atoms with van der Waals surface area (Å²) in [5.74, 6) is 0.463. The Morgan fingerprint density at radius 3 is 2.66 bits per heavy atom. The van der Waals surface area contributed by atoms with Crippen molar-refractivity contribution in [3.05, 3.63) is 79.3 Å². The Morgan fingerprint density at radius 1 is 1.14 bits per heavy atom. The second kappa shape index (κ2) is 8.59. The van der Waals surface area contributed by atoms with Crippen molar-refractivity contribution in [2.45, 2.75) is 19.8 Å². The van der Waals surface area contributed by atoms with Gasteiger partial charge in [0.15, 0.2) is 0 Å². The molecule has 0 saturated heterocycles. The van der Waals surface area contributed by atoms with Crippen LogP contribution >= 0.6 is 22.7 Å². The lowest BCUT2D eigenvalue weighted by Crippen LogP contribution is -2.04. The fourth-order valence-electron chi connectivity index (χ4n) is 2.87. The van der Waals surface area contributed by atoms with Crippen LogP contribution in [0.15, 0.2) is 53.5 Å². The summed E-state index contributed by atoms with van der Waals surface area (Å²) in [4.78, 5) is 24.2. The number of H-pyrrole nitrogens is 1. The normalized spacial score (nSPS) is 10.9. The van der Waals surface area contributed by atoms with Gasteiger partial charge in [-0.3, -0.25) is 9.78 Å². The number of rotatable bonds is 7. The van der Waals surface area contributed by atoms with Gasteiger partial charge in [0.25, 0.3) is 0 Å². The van der Waals surface area contributed by atoms with Crippen molar-refractivity contribution in [2.75, 3.05) is 6.61 Å². The average Bonchev–Trinajstić information content (AvgIpc) is 3.25. The van der Waals surface area contributed by atoms with E-state index in [2.05, 4.69) is 29.0 Å². The van der Waals surface area contributed by atoms with E-state index in [1.54, 1.807) is 23.6 Å². The molecule has 8 heteroatoms. The number of aromatic amines is 1. The molecule has 0 radical (unpaired) electrons. The molecule has 0 atom stereocenters. The van der Waals surface area contributed by atoms with Gasteiger partial charge in [-0.25, -0.2) is 9.97 Å². The molecule has 0 fully saturated rings. The van der Waals surface area contributed by atoms with Crippen molar-refractivity contribution in [3.63, 3.8) is 0 Å². The van der Waals surface area contributed by atoms with E-state index in [9.17, 15) is 9.90 Å². The van der Waals surface area contributed by atoms with Crippen LogP contribution < -0.4 is 9.61 Å². The van der Waals surface area contributed by atoms with E-state index in [1.807, 2.05) is 24.3 Å². The van der Waals surface area contributed by atoms with E-state index >= 15 is 0 Å². The van der Waals surface area contributed by atoms with Crippen molar-refractivity contribution >= 4 is 22.7 Å². The van der Waals surface area contributed by atoms with E-state index in [0.29, 0.717) is 30.2 Å². The topological polar surface area (TPSA) is 88.1 Å². The van der Waals surface area contributed by atoms with Gasteiger partial charge in [-0.15, -0.1) is 11.3 Å². The van der Waals surface area contributed by atoms with Gasteiger partial charge in [-0.1, -0.05) is 47.7 Å². The summed E-state index contributed by atoms with van der Waals surface area (Å²) in [7, 11) is 0. The first-order valence-corrected chi connectivity index (χ1v) is 10.7. The number of aromatic hydroxyl groups is 1. The Labute approximate surface area is 175 Å². The second-order valence-corrected chi connectivity index (χ2v) is 8.73. The maximum atomic E-state index is 11.3. The number of benzene rings is 1. The fourth-order valence-corrected chi connectivity index (χ4v) is 4.60. The van der Waals surface area contributed by atoms with Gasteiger partial charge in [-0.2, -0.15) is 0 Å². The standard InChI is InChI=1S/C21H19N3O3S2/c1-13-16(23-20(28-13)15-5-3-2-4-6-15)9-10-27-18-8-7-14(12-22-18)11-17-19(25)24-21(26)29-17/h2-8,12,25H,9-11H2,1H3,(H,24,26). The SMILES string of the molecule is Cc1sc(-c2ccccc2)nc1CCOc1ccc(Cc2sc(=O)[nH]c2O)cn1. The summed E-state index contributed by atoms with van der Waals surface area (Å²) < 4.78 is 5.76. The van der Waals surface area contributed by atoms with Crippen LogP contribution in [-0.4, -0.2) is 26.7 Å². The highest BCUT2D eigenvalue weighted by Gasteiger charge is 2.10. The lowest BCUT2D eigenvalue weighted by Gasteiger charge is -2.05. The predicted octanol–water partition coefficient (Wildman–Crippen LogP) is 4.18. The molecule has 0 aliphatic heterocycles. The summed E-state index contributed by atoms with van der Waals surface area (Å²) in [5.41, 5.74) is 3.07. The first kappa shape index (κ1) is 19.4. The highest BCUT2D eigenvalue weighted by molar-refractivity contribution is 7.15. The minimum atomic E-state index is -0.266.